The number of aromatic nitrogens is 2. The number of nitrogens with one attached hydrogen (secondary N) is 1. The molecule has 20 heavy (non-hydrogen) atoms. The molecule has 0 fully saturated rings. The Hall–Kier alpha value is -1.73. The monoisotopic (exact) mass is 352 g/mol. The fraction of sp³-hybridized carbons (Fsp3) is 0.154. The van der Waals surface area contributed by atoms with Gasteiger partial charge in [0.05, 0.1) is 11.4 Å². The Balaban J connectivity index is 2.34. The lowest BCUT2D eigenvalue weighted by molar-refractivity contribution is 0.101. The molecule has 104 valence electrons. The van der Waals surface area contributed by atoms with E-state index in [4.69, 9.17) is 18.0 Å². The fourth-order valence-electron chi connectivity index (χ4n) is 1.84. The van der Waals surface area contributed by atoms with Crippen molar-refractivity contribution in [2.45, 2.75) is 6.92 Å². The van der Waals surface area contributed by atoms with Gasteiger partial charge in [-0.3, -0.25) is 9.48 Å². The summed E-state index contributed by atoms with van der Waals surface area (Å²) in [6.45, 7) is 1.83. The standard InChI is InChI=1S/C13H13BrN4OS/c1-7-5-11(18(2)17-7)13(19)16-10-6-8(14)3-4-9(10)12(15)20/h3-6H,1-2H3,(H2,15,20)(H,16,19). The zero-order valence-corrected chi connectivity index (χ0v) is 13.4. The third-order valence-corrected chi connectivity index (χ3v) is 3.44. The number of hydrogen-bond donors (Lipinski definition) is 2. The summed E-state index contributed by atoms with van der Waals surface area (Å²) in [5.41, 5.74) is 8.09. The second-order valence-corrected chi connectivity index (χ2v) is 5.66. The van der Waals surface area contributed by atoms with Crippen LogP contribution in [0.3, 0.4) is 0 Å². The van der Waals surface area contributed by atoms with E-state index in [0.29, 0.717) is 16.9 Å². The Morgan fingerprint density at radius 3 is 2.70 bits per heavy atom. The minimum atomic E-state index is -0.260. The smallest absolute Gasteiger partial charge is 0.273 e. The number of anilines is 1. The van der Waals surface area contributed by atoms with Crippen LogP contribution in [0.2, 0.25) is 0 Å². The van der Waals surface area contributed by atoms with E-state index in [1.54, 1.807) is 25.2 Å². The van der Waals surface area contributed by atoms with Crippen molar-refractivity contribution in [1.82, 2.24) is 9.78 Å². The summed E-state index contributed by atoms with van der Waals surface area (Å²) in [6.07, 6.45) is 0. The Labute approximate surface area is 130 Å². The third kappa shape index (κ3) is 3.05. The van der Waals surface area contributed by atoms with Crippen molar-refractivity contribution in [3.63, 3.8) is 0 Å². The molecule has 1 amide bonds. The molecule has 0 aliphatic heterocycles. The van der Waals surface area contributed by atoms with E-state index in [1.165, 1.54) is 4.68 Å². The van der Waals surface area contributed by atoms with Crippen molar-refractivity contribution in [3.8, 4) is 0 Å². The van der Waals surface area contributed by atoms with Crippen LogP contribution in [0.5, 0.6) is 0 Å². The number of benzene rings is 1. The number of carbonyl (C=O) groups excluding carboxylic acids is 1. The van der Waals surface area contributed by atoms with Crippen LogP contribution in [-0.2, 0) is 7.05 Å². The molecule has 0 spiro atoms. The Kier molecular flexibility index (Phi) is 4.20. The minimum Gasteiger partial charge on any atom is -0.389 e. The van der Waals surface area contributed by atoms with Crippen molar-refractivity contribution in [1.29, 1.82) is 0 Å². The molecule has 2 aromatic rings. The summed E-state index contributed by atoms with van der Waals surface area (Å²) in [4.78, 5) is 12.5. The van der Waals surface area contributed by atoms with Gasteiger partial charge in [0.25, 0.3) is 5.91 Å². The molecule has 0 atom stereocenters. The average molecular weight is 353 g/mol. The number of nitrogens with two attached hydrogens (primary N) is 1. The van der Waals surface area contributed by atoms with Crippen molar-refractivity contribution in [2.24, 2.45) is 12.8 Å². The van der Waals surface area contributed by atoms with Gasteiger partial charge < -0.3 is 11.1 Å². The van der Waals surface area contributed by atoms with E-state index in [9.17, 15) is 4.79 Å². The highest BCUT2D eigenvalue weighted by Crippen LogP contribution is 2.22. The molecule has 1 heterocycles. The molecule has 0 aliphatic carbocycles. The van der Waals surface area contributed by atoms with Crippen LogP contribution >= 0.6 is 28.1 Å². The Bertz CT molecular complexity index is 696. The number of hydrogen-bond acceptors (Lipinski definition) is 3. The fourth-order valence-corrected chi connectivity index (χ4v) is 2.38. The predicted octanol–water partition coefficient (Wildman–Crippen LogP) is 2.38. The van der Waals surface area contributed by atoms with Gasteiger partial charge in [-0.05, 0) is 31.2 Å². The third-order valence-electron chi connectivity index (χ3n) is 2.73. The van der Waals surface area contributed by atoms with Gasteiger partial charge in [0.1, 0.15) is 10.7 Å². The number of rotatable bonds is 3. The van der Waals surface area contributed by atoms with Gasteiger partial charge in [-0.15, -0.1) is 0 Å². The largest absolute Gasteiger partial charge is 0.389 e. The zero-order valence-electron chi connectivity index (χ0n) is 11.0. The number of thiocarbonyl (C=S) groups is 1. The number of aryl methyl sites for hydroxylation is 2. The van der Waals surface area contributed by atoms with Crippen molar-refractivity contribution < 1.29 is 4.79 Å². The molecule has 2 rings (SSSR count). The molecule has 0 saturated carbocycles. The van der Waals surface area contributed by atoms with Crippen LogP contribution in [0, 0.1) is 6.92 Å². The molecule has 0 radical (unpaired) electrons. The molecule has 1 aromatic heterocycles. The van der Waals surface area contributed by atoms with E-state index in [-0.39, 0.29) is 10.9 Å². The molecule has 0 saturated heterocycles. The van der Waals surface area contributed by atoms with Gasteiger partial charge in [-0.25, -0.2) is 0 Å². The molecule has 0 aliphatic rings. The van der Waals surface area contributed by atoms with Crippen molar-refractivity contribution in [2.75, 3.05) is 5.32 Å². The first kappa shape index (κ1) is 14.7. The minimum absolute atomic E-state index is 0.231. The zero-order chi connectivity index (χ0) is 14.9. The van der Waals surface area contributed by atoms with E-state index in [2.05, 4.69) is 26.3 Å². The molecule has 1 aromatic carbocycles. The summed E-state index contributed by atoms with van der Waals surface area (Å²) >= 11 is 8.34. The van der Waals surface area contributed by atoms with Crippen LogP contribution in [0.25, 0.3) is 0 Å². The first-order valence-corrected chi connectivity index (χ1v) is 7.00. The molecule has 7 heteroatoms. The van der Waals surface area contributed by atoms with Crippen LogP contribution in [0.4, 0.5) is 5.69 Å². The predicted molar refractivity (Wildman–Crippen MR) is 85.9 cm³/mol. The second-order valence-electron chi connectivity index (χ2n) is 4.30. The maximum atomic E-state index is 12.3. The molecule has 5 nitrogen and oxygen atoms in total. The topological polar surface area (TPSA) is 72.9 Å². The van der Waals surface area contributed by atoms with E-state index >= 15 is 0 Å². The van der Waals surface area contributed by atoms with Gasteiger partial charge in [0, 0.05) is 17.1 Å². The van der Waals surface area contributed by atoms with Gasteiger partial charge in [0.15, 0.2) is 0 Å². The highest BCUT2D eigenvalue weighted by molar-refractivity contribution is 9.10. The lowest BCUT2D eigenvalue weighted by atomic mass is 10.1. The Morgan fingerprint density at radius 2 is 2.15 bits per heavy atom. The molecular formula is C13H13BrN4OS. The summed E-state index contributed by atoms with van der Waals surface area (Å²) in [5, 5.41) is 6.95. The van der Waals surface area contributed by atoms with Gasteiger partial charge in [0.2, 0.25) is 0 Å². The SMILES string of the molecule is Cc1cc(C(=O)Nc2cc(Br)ccc2C(N)=S)n(C)n1. The summed E-state index contributed by atoms with van der Waals surface area (Å²) < 4.78 is 2.36. The number of nitrogens with zero attached hydrogens (tertiary/aromatic N) is 2. The highest BCUT2D eigenvalue weighted by Gasteiger charge is 2.14. The lowest BCUT2D eigenvalue weighted by Gasteiger charge is -2.10. The quantitative estimate of drug-likeness (QED) is 0.831. The second kappa shape index (κ2) is 5.72. The van der Waals surface area contributed by atoms with Crippen LogP contribution in [0.15, 0.2) is 28.7 Å². The molecular weight excluding hydrogens is 340 g/mol. The Morgan fingerprint density at radius 1 is 1.45 bits per heavy atom. The summed E-state index contributed by atoms with van der Waals surface area (Å²) in [6, 6.07) is 7.05. The van der Waals surface area contributed by atoms with E-state index < -0.39 is 0 Å². The van der Waals surface area contributed by atoms with Gasteiger partial charge in [-0.2, -0.15) is 5.10 Å². The van der Waals surface area contributed by atoms with Gasteiger partial charge in [-0.1, -0.05) is 28.1 Å². The first-order chi connectivity index (χ1) is 9.38. The normalized spacial score (nSPS) is 10.3. The maximum absolute atomic E-state index is 12.3. The summed E-state index contributed by atoms with van der Waals surface area (Å²) in [5.74, 6) is -0.260. The van der Waals surface area contributed by atoms with Gasteiger partial charge >= 0.3 is 0 Å². The molecule has 0 unspecified atom stereocenters. The summed E-state index contributed by atoms with van der Waals surface area (Å²) in [7, 11) is 1.72. The first-order valence-electron chi connectivity index (χ1n) is 5.80. The lowest BCUT2D eigenvalue weighted by Crippen LogP contribution is -2.19. The number of amides is 1. The molecule has 3 N–H and O–H groups in total. The molecule has 0 bridgehead atoms. The van der Waals surface area contributed by atoms with E-state index in [1.807, 2.05) is 13.0 Å². The van der Waals surface area contributed by atoms with Crippen LogP contribution in [0.1, 0.15) is 21.7 Å². The van der Waals surface area contributed by atoms with E-state index in [0.717, 1.165) is 10.2 Å². The van der Waals surface area contributed by atoms with Crippen LogP contribution in [-0.4, -0.2) is 20.7 Å². The average Bonchev–Trinajstić information content (AvgIpc) is 2.68. The van der Waals surface area contributed by atoms with Crippen molar-refractivity contribution >= 4 is 44.7 Å². The number of halogens is 1. The van der Waals surface area contributed by atoms with Crippen molar-refractivity contribution in [3.05, 3.63) is 45.7 Å². The number of carbonyl (C=O) groups is 1. The maximum Gasteiger partial charge on any atom is 0.273 e. The highest BCUT2D eigenvalue weighted by atomic mass is 79.9. The van der Waals surface area contributed by atoms with Crippen LogP contribution < -0.4 is 11.1 Å².